The fraction of sp³-hybridized carbons (Fsp3) is 0.174. The molecule has 0 radical (unpaired) electrons. The molecule has 2 aromatic carbocycles. The van der Waals surface area contributed by atoms with E-state index in [1.165, 1.54) is 18.1 Å². The molecule has 6 heteroatoms. The van der Waals surface area contributed by atoms with Gasteiger partial charge in [0.2, 0.25) is 0 Å². The van der Waals surface area contributed by atoms with Crippen molar-refractivity contribution in [2.24, 2.45) is 0 Å². The lowest BCUT2D eigenvalue weighted by molar-refractivity contribution is 0.411. The number of hydrogen-bond donors (Lipinski definition) is 1. The lowest BCUT2D eigenvalue weighted by Crippen LogP contribution is -2.17. The first-order valence-electron chi connectivity index (χ1n) is 9.40. The first-order valence-corrected chi connectivity index (χ1v) is 10.3. The molecule has 29 heavy (non-hydrogen) atoms. The van der Waals surface area contributed by atoms with Crippen LogP contribution in [0.5, 0.6) is 5.75 Å². The molecule has 148 valence electrons. The Kier molecular flexibility index (Phi) is 5.74. The largest absolute Gasteiger partial charge is 0.497 e. The van der Waals surface area contributed by atoms with Crippen LogP contribution in [0.4, 0.5) is 4.39 Å². The van der Waals surface area contributed by atoms with E-state index in [0.29, 0.717) is 23.6 Å². The van der Waals surface area contributed by atoms with Gasteiger partial charge in [-0.15, -0.1) is 11.3 Å². The standard InChI is InChI=1S/C23H22FN3OS/c1-16(22-9-6-12-29-22)25-14-17-15-27(18-7-4-3-5-8-18)26-23(17)20-11-10-19(28-2)13-21(20)24/h3-13,15-16,25H,14H2,1-2H3/t16-/m0/s1. The lowest BCUT2D eigenvalue weighted by Gasteiger charge is -2.12. The molecule has 0 aliphatic carbocycles. The van der Waals surface area contributed by atoms with Crippen molar-refractivity contribution >= 4 is 11.3 Å². The number of ether oxygens (including phenoxy) is 1. The molecule has 2 aromatic heterocycles. The molecule has 2 heterocycles. The third-order valence-corrected chi connectivity index (χ3v) is 5.87. The van der Waals surface area contributed by atoms with Crippen molar-refractivity contribution in [2.45, 2.75) is 19.5 Å². The van der Waals surface area contributed by atoms with Gasteiger partial charge in [0.1, 0.15) is 17.3 Å². The van der Waals surface area contributed by atoms with Crippen molar-refractivity contribution in [3.8, 4) is 22.7 Å². The second-order valence-corrected chi connectivity index (χ2v) is 7.73. The van der Waals surface area contributed by atoms with Crippen molar-refractivity contribution in [3.05, 3.63) is 88.5 Å². The van der Waals surface area contributed by atoms with Crippen molar-refractivity contribution in [2.75, 3.05) is 7.11 Å². The average Bonchev–Trinajstić information content (AvgIpc) is 3.43. The van der Waals surface area contributed by atoms with E-state index in [1.807, 2.05) is 42.6 Å². The van der Waals surface area contributed by atoms with E-state index in [0.717, 1.165) is 11.3 Å². The van der Waals surface area contributed by atoms with Crippen LogP contribution in [0.1, 0.15) is 23.4 Å². The van der Waals surface area contributed by atoms with Gasteiger partial charge in [0.15, 0.2) is 0 Å². The van der Waals surface area contributed by atoms with E-state index in [2.05, 4.69) is 23.7 Å². The van der Waals surface area contributed by atoms with Crippen molar-refractivity contribution in [1.82, 2.24) is 15.1 Å². The Balaban J connectivity index is 1.69. The van der Waals surface area contributed by atoms with Crippen molar-refractivity contribution in [3.63, 3.8) is 0 Å². The maximum absolute atomic E-state index is 14.8. The van der Waals surface area contributed by atoms with Crippen LogP contribution in [0, 0.1) is 5.82 Å². The third kappa shape index (κ3) is 4.23. The smallest absolute Gasteiger partial charge is 0.136 e. The zero-order valence-electron chi connectivity index (χ0n) is 16.3. The summed E-state index contributed by atoms with van der Waals surface area (Å²) in [6.45, 7) is 2.70. The predicted octanol–water partition coefficient (Wildman–Crippen LogP) is 5.60. The zero-order valence-corrected chi connectivity index (χ0v) is 17.1. The summed E-state index contributed by atoms with van der Waals surface area (Å²) >= 11 is 1.72. The van der Waals surface area contributed by atoms with Gasteiger partial charge >= 0.3 is 0 Å². The first kappa shape index (κ1) is 19.4. The van der Waals surface area contributed by atoms with Gasteiger partial charge < -0.3 is 10.1 Å². The highest BCUT2D eigenvalue weighted by Crippen LogP contribution is 2.29. The van der Waals surface area contributed by atoms with Gasteiger partial charge in [-0.05, 0) is 42.6 Å². The summed E-state index contributed by atoms with van der Waals surface area (Å²) in [6, 6.07) is 19.1. The summed E-state index contributed by atoms with van der Waals surface area (Å²) in [6.07, 6.45) is 1.96. The van der Waals surface area contributed by atoms with E-state index in [9.17, 15) is 4.39 Å². The van der Waals surface area contributed by atoms with Gasteiger partial charge in [-0.3, -0.25) is 0 Å². The maximum Gasteiger partial charge on any atom is 0.136 e. The minimum Gasteiger partial charge on any atom is -0.497 e. The topological polar surface area (TPSA) is 39.1 Å². The Bertz CT molecular complexity index is 1080. The minimum absolute atomic E-state index is 0.198. The molecule has 1 atom stereocenters. The van der Waals surface area contributed by atoms with Crippen LogP contribution in [0.3, 0.4) is 0 Å². The van der Waals surface area contributed by atoms with E-state index in [4.69, 9.17) is 9.84 Å². The molecule has 4 nitrogen and oxygen atoms in total. The van der Waals surface area contributed by atoms with Crippen LogP contribution >= 0.6 is 11.3 Å². The molecule has 1 N–H and O–H groups in total. The highest BCUT2D eigenvalue weighted by molar-refractivity contribution is 7.10. The molecule has 0 amide bonds. The zero-order chi connectivity index (χ0) is 20.2. The molecule has 0 aliphatic rings. The van der Waals surface area contributed by atoms with Crippen LogP contribution in [0.25, 0.3) is 16.9 Å². The van der Waals surface area contributed by atoms with Gasteiger partial charge in [0.25, 0.3) is 0 Å². The van der Waals surface area contributed by atoms with E-state index < -0.39 is 0 Å². The summed E-state index contributed by atoms with van der Waals surface area (Å²) in [4.78, 5) is 1.26. The number of aromatic nitrogens is 2. The maximum atomic E-state index is 14.8. The SMILES string of the molecule is COc1ccc(-c2nn(-c3ccccc3)cc2CN[C@@H](C)c2cccs2)c(F)c1. The van der Waals surface area contributed by atoms with E-state index in [1.54, 1.807) is 28.2 Å². The average molecular weight is 408 g/mol. The predicted molar refractivity (Wildman–Crippen MR) is 115 cm³/mol. The number of methoxy groups -OCH3 is 1. The minimum atomic E-state index is -0.352. The number of thiophene rings is 1. The number of benzene rings is 2. The van der Waals surface area contributed by atoms with Gasteiger partial charge in [-0.2, -0.15) is 5.10 Å². The number of nitrogens with one attached hydrogen (secondary N) is 1. The number of rotatable bonds is 7. The second kappa shape index (κ2) is 8.59. The van der Waals surface area contributed by atoms with Crippen molar-refractivity contribution in [1.29, 1.82) is 0 Å². The highest BCUT2D eigenvalue weighted by Gasteiger charge is 2.17. The third-order valence-electron chi connectivity index (χ3n) is 4.81. The van der Waals surface area contributed by atoms with E-state index >= 15 is 0 Å². The van der Waals surface area contributed by atoms with Crippen LogP contribution in [-0.4, -0.2) is 16.9 Å². The molecule has 0 saturated carbocycles. The summed E-state index contributed by atoms with van der Waals surface area (Å²) in [5, 5.41) is 10.3. The number of nitrogens with zero attached hydrogens (tertiary/aromatic N) is 2. The summed E-state index contributed by atoms with van der Waals surface area (Å²) in [5.41, 5.74) is 2.95. The van der Waals surface area contributed by atoms with Crippen LogP contribution in [0.2, 0.25) is 0 Å². The Morgan fingerprint density at radius 1 is 1.14 bits per heavy atom. The monoisotopic (exact) mass is 407 g/mol. The van der Waals surface area contributed by atoms with Crippen molar-refractivity contribution < 1.29 is 9.13 Å². The molecule has 4 aromatic rings. The van der Waals surface area contributed by atoms with Crippen LogP contribution < -0.4 is 10.1 Å². The molecular formula is C23H22FN3OS. The fourth-order valence-electron chi connectivity index (χ4n) is 3.19. The molecule has 0 aliphatic heterocycles. The van der Waals surface area contributed by atoms with Crippen LogP contribution in [0.15, 0.2) is 72.2 Å². The fourth-order valence-corrected chi connectivity index (χ4v) is 3.95. The van der Waals surface area contributed by atoms with E-state index in [-0.39, 0.29) is 11.9 Å². The van der Waals surface area contributed by atoms with Gasteiger partial charge in [-0.1, -0.05) is 24.3 Å². The lowest BCUT2D eigenvalue weighted by atomic mass is 10.1. The molecule has 0 bridgehead atoms. The van der Waals surface area contributed by atoms with Gasteiger partial charge in [-0.25, -0.2) is 9.07 Å². The molecule has 0 fully saturated rings. The quantitative estimate of drug-likeness (QED) is 0.433. The molecule has 0 spiro atoms. The van der Waals surface area contributed by atoms with Gasteiger partial charge in [0, 0.05) is 40.9 Å². The Morgan fingerprint density at radius 3 is 2.66 bits per heavy atom. The second-order valence-electron chi connectivity index (χ2n) is 6.75. The number of hydrogen-bond acceptors (Lipinski definition) is 4. The number of para-hydroxylation sites is 1. The van der Waals surface area contributed by atoms with Gasteiger partial charge in [0.05, 0.1) is 12.8 Å². The summed E-state index contributed by atoms with van der Waals surface area (Å²) in [7, 11) is 1.53. The molecular weight excluding hydrogens is 385 g/mol. The Morgan fingerprint density at radius 2 is 1.97 bits per heavy atom. The Labute approximate surface area is 173 Å². The molecule has 4 rings (SSSR count). The summed E-state index contributed by atoms with van der Waals surface area (Å²) < 4.78 is 21.7. The first-order chi connectivity index (χ1) is 14.2. The normalized spacial score (nSPS) is 12.1. The molecule has 0 unspecified atom stereocenters. The highest BCUT2D eigenvalue weighted by atomic mass is 32.1. The van der Waals surface area contributed by atoms with Crippen LogP contribution in [-0.2, 0) is 6.54 Å². The number of halogens is 1. The summed E-state index contributed by atoms with van der Waals surface area (Å²) in [5.74, 6) is 0.134. The molecule has 0 saturated heterocycles. The Hall–Kier alpha value is -2.96.